The molecular weight excluding hydrogens is 406 g/mol. The van der Waals surface area contributed by atoms with Gasteiger partial charge in [-0.15, -0.1) is 0 Å². The fourth-order valence-electron chi connectivity index (χ4n) is 5.70. The molecule has 32 heavy (non-hydrogen) atoms. The van der Waals surface area contributed by atoms with Crippen LogP contribution in [0.2, 0.25) is 0 Å². The maximum absolute atomic E-state index is 12.4. The summed E-state index contributed by atoms with van der Waals surface area (Å²) < 4.78 is 7.73. The summed E-state index contributed by atoms with van der Waals surface area (Å²) in [5, 5.41) is 3.42. The number of ether oxygens (including phenoxy) is 1. The fraction of sp³-hybridized carbons (Fsp3) is 0.652. The van der Waals surface area contributed by atoms with Crippen LogP contribution in [0, 0.1) is 5.92 Å². The highest BCUT2D eigenvalue weighted by molar-refractivity contribution is 5.47. The summed E-state index contributed by atoms with van der Waals surface area (Å²) in [7, 11) is 0. The first-order chi connectivity index (χ1) is 15.7. The SMILES string of the molecule is O=c1cccc2n1CC1CC2CN(c2nc(NCC3CCCO3)nc(N3CCCC3)n2)C1. The van der Waals surface area contributed by atoms with E-state index >= 15 is 0 Å². The molecule has 1 N–H and O–H groups in total. The van der Waals surface area contributed by atoms with Crippen LogP contribution in [0.3, 0.4) is 0 Å². The first kappa shape index (κ1) is 20.0. The number of piperidine rings is 1. The van der Waals surface area contributed by atoms with E-state index in [0.29, 0.717) is 17.8 Å². The standard InChI is InChI=1S/C23H31N7O2/c31-20-7-3-6-19-17-11-16(14-30(19)20)13-29(15-17)23-26-21(24-12-18-5-4-10-32-18)25-22(27-23)28-8-1-2-9-28/h3,6-7,16-18H,1-2,4-5,8-15H2,(H,24,25,26,27). The molecule has 3 fully saturated rings. The van der Waals surface area contributed by atoms with Gasteiger partial charge in [-0.05, 0) is 44.1 Å². The Kier molecular flexibility index (Phi) is 5.21. The molecule has 0 radical (unpaired) electrons. The Hall–Kier alpha value is -2.68. The molecule has 3 atom stereocenters. The van der Waals surface area contributed by atoms with Crippen LogP contribution in [-0.4, -0.2) is 65.0 Å². The Morgan fingerprint density at radius 2 is 1.84 bits per heavy atom. The molecule has 170 valence electrons. The molecule has 0 saturated carbocycles. The van der Waals surface area contributed by atoms with E-state index in [9.17, 15) is 4.79 Å². The van der Waals surface area contributed by atoms with Gasteiger partial charge >= 0.3 is 0 Å². The van der Waals surface area contributed by atoms with Gasteiger partial charge in [-0.2, -0.15) is 15.0 Å². The Morgan fingerprint density at radius 1 is 1.00 bits per heavy atom. The maximum atomic E-state index is 12.4. The molecule has 3 unspecified atom stereocenters. The van der Waals surface area contributed by atoms with Gasteiger partial charge in [-0.1, -0.05) is 6.07 Å². The highest BCUT2D eigenvalue weighted by Gasteiger charge is 2.36. The van der Waals surface area contributed by atoms with Crippen LogP contribution in [0.1, 0.15) is 43.7 Å². The Morgan fingerprint density at radius 3 is 2.66 bits per heavy atom. The number of nitrogens with zero attached hydrogens (tertiary/aromatic N) is 6. The van der Waals surface area contributed by atoms with Crippen molar-refractivity contribution in [1.29, 1.82) is 0 Å². The molecule has 4 aliphatic heterocycles. The summed E-state index contributed by atoms with van der Waals surface area (Å²) in [5.74, 6) is 2.91. The summed E-state index contributed by atoms with van der Waals surface area (Å²) in [6.45, 7) is 6.03. The van der Waals surface area contributed by atoms with E-state index in [0.717, 1.165) is 82.7 Å². The number of nitrogens with one attached hydrogen (secondary N) is 1. The minimum Gasteiger partial charge on any atom is -0.376 e. The molecule has 2 aromatic rings. The molecule has 6 heterocycles. The minimum absolute atomic E-state index is 0.114. The quantitative estimate of drug-likeness (QED) is 0.758. The van der Waals surface area contributed by atoms with Gasteiger partial charge in [-0.25, -0.2) is 0 Å². The molecule has 9 nitrogen and oxygen atoms in total. The number of aromatic nitrogens is 4. The van der Waals surface area contributed by atoms with Gasteiger partial charge in [0.25, 0.3) is 5.56 Å². The molecule has 0 spiro atoms. The third-order valence-electron chi connectivity index (χ3n) is 7.28. The molecule has 2 bridgehead atoms. The van der Waals surface area contributed by atoms with Crippen molar-refractivity contribution in [2.75, 3.05) is 54.4 Å². The van der Waals surface area contributed by atoms with Crippen molar-refractivity contribution in [3.05, 3.63) is 34.2 Å². The van der Waals surface area contributed by atoms with E-state index in [2.05, 4.69) is 21.2 Å². The lowest BCUT2D eigenvalue weighted by Crippen LogP contribution is -2.47. The number of pyridine rings is 1. The van der Waals surface area contributed by atoms with Crippen molar-refractivity contribution >= 4 is 17.8 Å². The predicted molar refractivity (Wildman–Crippen MR) is 123 cm³/mol. The van der Waals surface area contributed by atoms with Gasteiger partial charge in [0.15, 0.2) is 0 Å². The zero-order valence-electron chi connectivity index (χ0n) is 18.4. The molecule has 4 aliphatic rings. The molecule has 2 aromatic heterocycles. The van der Waals surface area contributed by atoms with Crippen LogP contribution in [0.5, 0.6) is 0 Å². The van der Waals surface area contributed by atoms with E-state index < -0.39 is 0 Å². The van der Waals surface area contributed by atoms with Gasteiger partial charge in [0.2, 0.25) is 17.8 Å². The van der Waals surface area contributed by atoms with Crippen LogP contribution in [0.15, 0.2) is 23.0 Å². The van der Waals surface area contributed by atoms with Crippen LogP contribution in [-0.2, 0) is 11.3 Å². The second-order valence-electron chi connectivity index (χ2n) is 9.57. The van der Waals surface area contributed by atoms with Gasteiger partial charge in [0.05, 0.1) is 6.10 Å². The fourth-order valence-corrected chi connectivity index (χ4v) is 5.70. The summed E-state index contributed by atoms with van der Waals surface area (Å²) in [6.07, 6.45) is 5.91. The Bertz CT molecular complexity index is 1030. The third kappa shape index (κ3) is 3.83. The summed E-state index contributed by atoms with van der Waals surface area (Å²) in [5.41, 5.74) is 1.26. The first-order valence-corrected chi connectivity index (χ1v) is 12.0. The van der Waals surface area contributed by atoms with E-state index in [1.54, 1.807) is 6.07 Å². The molecule has 0 amide bonds. The van der Waals surface area contributed by atoms with Crippen molar-refractivity contribution in [3.8, 4) is 0 Å². The minimum atomic E-state index is 0.114. The molecule has 9 heteroatoms. The summed E-state index contributed by atoms with van der Waals surface area (Å²) >= 11 is 0. The zero-order chi connectivity index (χ0) is 21.5. The molecular formula is C23H31N7O2. The van der Waals surface area contributed by atoms with Crippen molar-refractivity contribution in [1.82, 2.24) is 19.5 Å². The second-order valence-corrected chi connectivity index (χ2v) is 9.57. The average molecular weight is 438 g/mol. The van der Waals surface area contributed by atoms with Crippen LogP contribution in [0.4, 0.5) is 17.8 Å². The molecule has 0 aliphatic carbocycles. The van der Waals surface area contributed by atoms with Crippen molar-refractivity contribution < 1.29 is 4.74 Å². The van der Waals surface area contributed by atoms with Crippen LogP contribution >= 0.6 is 0 Å². The third-order valence-corrected chi connectivity index (χ3v) is 7.28. The number of fused-ring (bicyclic) bond motifs is 4. The van der Waals surface area contributed by atoms with E-state index in [4.69, 9.17) is 19.7 Å². The predicted octanol–water partition coefficient (Wildman–Crippen LogP) is 1.85. The summed E-state index contributed by atoms with van der Waals surface area (Å²) in [6, 6.07) is 5.65. The van der Waals surface area contributed by atoms with Gasteiger partial charge in [0, 0.05) is 63.6 Å². The largest absolute Gasteiger partial charge is 0.376 e. The maximum Gasteiger partial charge on any atom is 0.250 e. The smallest absolute Gasteiger partial charge is 0.250 e. The molecule has 0 aromatic carbocycles. The monoisotopic (exact) mass is 437 g/mol. The summed E-state index contributed by atoms with van der Waals surface area (Å²) in [4.78, 5) is 31.4. The first-order valence-electron chi connectivity index (χ1n) is 12.0. The Labute approximate surface area is 187 Å². The van der Waals surface area contributed by atoms with Gasteiger partial charge in [0.1, 0.15) is 0 Å². The van der Waals surface area contributed by atoms with Crippen molar-refractivity contribution in [2.45, 2.75) is 50.7 Å². The van der Waals surface area contributed by atoms with E-state index in [1.165, 1.54) is 12.8 Å². The van der Waals surface area contributed by atoms with E-state index in [-0.39, 0.29) is 11.7 Å². The van der Waals surface area contributed by atoms with Crippen molar-refractivity contribution in [3.63, 3.8) is 0 Å². The number of rotatable bonds is 5. The zero-order valence-corrected chi connectivity index (χ0v) is 18.4. The number of hydrogen-bond donors (Lipinski definition) is 1. The topological polar surface area (TPSA) is 88.4 Å². The lowest BCUT2D eigenvalue weighted by atomic mass is 9.83. The average Bonchev–Trinajstić information content (AvgIpc) is 3.53. The highest BCUT2D eigenvalue weighted by Crippen LogP contribution is 2.36. The highest BCUT2D eigenvalue weighted by atomic mass is 16.5. The Balaban J connectivity index is 1.28. The normalized spacial score (nSPS) is 26.9. The van der Waals surface area contributed by atoms with Crippen LogP contribution < -0.4 is 20.7 Å². The van der Waals surface area contributed by atoms with E-state index in [1.807, 2.05) is 10.6 Å². The van der Waals surface area contributed by atoms with Gasteiger partial charge < -0.3 is 24.4 Å². The lowest BCUT2D eigenvalue weighted by molar-refractivity contribution is 0.120. The molecule has 6 rings (SSSR count). The van der Waals surface area contributed by atoms with Gasteiger partial charge in [-0.3, -0.25) is 4.79 Å². The molecule has 3 saturated heterocycles. The number of hydrogen-bond acceptors (Lipinski definition) is 8. The lowest BCUT2D eigenvalue weighted by Gasteiger charge is -2.42. The van der Waals surface area contributed by atoms with Crippen LogP contribution in [0.25, 0.3) is 0 Å². The van der Waals surface area contributed by atoms with Crippen molar-refractivity contribution in [2.24, 2.45) is 5.92 Å². The second kappa shape index (κ2) is 8.35. The number of anilines is 3.